The van der Waals surface area contributed by atoms with Crippen molar-refractivity contribution < 1.29 is 14.6 Å². The van der Waals surface area contributed by atoms with E-state index in [4.69, 9.17) is 16.3 Å². The monoisotopic (exact) mass is 443 g/mol. The first-order valence-corrected chi connectivity index (χ1v) is 10.5. The number of nitrogens with one attached hydrogen (secondary N) is 2. The second kappa shape index (κ2) is 8.41. The summed E-state index contributed by atoms with van der Waals surface area (Å²) >= 11 is 7.51. The molecule has 4 rings (SSSR count). The van der Waals surface area contributed by atoms with Gasteiger partial charge in [-0.3, -0.25) is 9.59 Å². The van der Waals surface area contributed by atoms with E-state index in [0.717, 1.165) is 5.56 Å². The van der Waals surface area contributed by atoms with Crippen LogP contribution in [0.2, 0.25) is 5.02 Å². The molecule has 0 aliphatic carbocycles. The first-order chi connectivity index (χ1) is 14.5. The Labute approximate surface area is 181 Å². The number of carbonyl (C=O) groups is 1. The number of aromatic nitrogens is 2. The lowest BCUT2D eigenvalue weighted by atomic mass is 9.86. The quantitative estimate of drug-likeness (QED) is 0.408. The van der Waals surface area contributed by atoms with Gasteiger partial charge in [0.1, 0.15) is 17.3 Å². The summed E-state index contributed by atoms with van der Waals surface area (Å²) in [6.45, 7) is 0. The number of nitrogens with zero attached hydrogens (tertiary/aromatic N) is 1. The van der Waals surface area contributed by atoms with Gasteiger partial charge in [0.15, 0.2) is 5.16 Å². The molecule has 7 nitrogen and oxygen atoms in total. The molecular formula is C21H18ClN3O4S. The average Bonchev–Trinajstić information content (AvgIpc) is 2.72. The van der Waals surface area contributed by atoms with Crippen molar-refractivity contribution in [1.82, 2.24) is 9.97 Å². The summed E-state index contributed by atoms with van der Waals surface area (Å²) in [5.41, 5.74) is 1.58. The summed E-state index contributed by atoms with van der Waals surface area (Å²) < 4.78 is 5.35. The molecule has 0 saturated heterocycles. The zero-order chi connectivity index (χ0) is 21.3. The SMILES string of the molecule is COc1cc(O)ccc1C1CC(=O)Nc2nc(SCc3ccccc3Cl)[nH]c(=O)c21. The molecule has 1 aromatic heterocycles. The van der Waals surface area contributed by atoms with Gasteiger partial charge in [0, 0.05) is 34.7 Å². The minimum atomic E-state index is -0.539. The molecule has 1 atom stereocenters. The molecule has 3 aromatic rings. The van der Waals surface area contributed by atoms with Crippen molar-refractivity contribution in [1.29, 1.82) is 0 Å². The average molecular weight is 444 g/mol. The molecule has 1 unspecified atom stereocenters. The van der Waals surface area contributed by atoms with Crippen LogP contribution < -0.4 is 15.6 Å². The fourth-order valence-electron chi connectivity index (χ4n) is 3.43. The Hall–Kier alpha value is -2.97. The fraction of sp³-hybridized carbons (Fsp3) is 0.190. The predicted molar refractivity (Wildman–Crippen MR) is 116 cm³/mol. The van der Waals surface area contributed by atoms with Crippen molar-refractivity contribution in [3.63, 3.8) is 0 Å². The molecule has 0 spiro atoms. The molecule has 0 saturated carbocycles. The molecule has 30 heavy (non-hydrogen) atoms. The number of aromatic hydroxyl groups is 1. The van der Waals surface area contributed by atoms with Gasteiger partial charge < -0.3 is 20.1 Å². The second-order valence-electron chi connectivity index (χ2n) is 6.74. The lowest BCUT2D eigenvalue weighted by molar-refractivity contribution is -0.116. The number of rotatable bonds is 5. The van der Waals surface area contributed by atoms with Gasteiger partial charge >= 0.3 is 0 Å². The van der Waals surface area contributed by atoms with Gasteiger partial charge in [-0.1, -0.05) is 47.6 Å². The highest BCUT2D eigenvalue weighted by Gasteiger charge is 2.32. The summed E-state index contributed by atoms with van der Waals surface area (Å²) in [6, 6.07) is 12.1. The summed E-state index contributed by atoms with van der Waals surface area (Å²) in [4.78, 5) is 32.5. The number of H-pyrrole nitrogens is 1. The van der Waals surface area contributed by atoms with Crippen LogP contribution in [-0.2, 0) is 10.5 Å². The number of fused-ring (bicyclic) bond motifs is 1. The molecule has 0 fully saturated rings. The number of anilines is 1. The van der Waals surface area contributed by atoms with Crippen LogP contribution in [0.4, 0.5) is 5.82 Å². The van der Waals surface area contributed by atoms with Crippen molar-refractivity contribution in [3.8, 4) is 11.5 Å². The Morgan fingerprint density at radius 2 is 2.07 bits per heavy atom. The molecular weight excluding hydrogens is 426 g/mol. The molecule has 154 valence electrons. The summed E-state index contributed by atoms with van der Waals surface area (Å²) in [5.74, 6) is 0.402. The Morgan fingerprint density at radius 3 is 2.83 bits per heavy atom. The van der Waals surface area contributed by atoms with E-state index in [9.17, 15) is 14.7 Å². The van der Waals surface area contributed by atoms with Gasteiger partial charge in [0.05, 0.1) is 12.7 Å². The minimum absolute atomic E-state index is 0.0365. The van der Waals surface area contributed by atoms with E-state index in [2.05, 4.69) is 15.3 Å². The zero-order valence-corrected chi connectivity index (χ0v) is 17.5. The lowest BCUT2D eigenvalue weighted by Gasteiger charge is -2.25. The predicted octanol–water partition coefficient (Wildman–Crippen LogP) is 3.90. The van der Waals surface area contributed by atoms with Gasteiger partial charge in [-0.25, -0.2) is 4.98 Å². The van der Waals surface area contributed by atoms with Crippen LogP contribution in [0.25, 0.3) is 0 Å². The van der Waals surface area contributed by atoms with Crippen LogP contribution in [0.5, 0.6) is 11.5 Å². The van der Waals surface area contributed by atoms with Crippen LogP contribution in [0, 0.1) is 0 Å². The Kier molecular flexibility index (Phi) is 5.69. The number of methoxy groups -OCH3 is 1. The van der Waals surface area contributed by atoms with Crippen LogP contribution in [0.1, 0.15) is 29.0 Å². The van der Waals surface area contributed by atoms with Gasteiger partial charge in [0.25, 0.3) is 5.56 Å². The number of hydrogen-bond donors (Lipinski definition) is 3. The molecule has 1 amide bonds. The molecule has 0 bridgehead atoms. The van der Waals surface area contributed by atoms with Gasteiger partial charge in [-0.05, 0) is 17.7 Å². The van der Waals surface area contributed by atoms with Gasteiger partial charge in [-0.2, -0.15) is 0 Å². The number of halogens is 1. The van der Waals surface area contributed by atoms with E-state index in [0.29, 0.717) is 32.8 Å². The number of amides is 1. The van der Waals surface area contributed by atoms with E-state index < -0.39 is 5.92 Å². The molecule has 0 radical (unpaired) electrons. The third-order valence-corrected chi connectivity index (χ3v) is 6.13. The van der Waals surface area contributed by atoms with Crippen molar-refractivity contribution in [2.24, 2.45) is 0 Å². The maximum absolute atomic E-state index is 12.9. The van der Waals surface area contributed by atoms with Gasteiger partial charge in [-0.15, -0.1) is 0 Å². The minimum Gasteiger partial charge on any atom is -0.508 e. The van der Waals surface area contributed by atoms with Crippen molar-refractivity contribution >= 4 is 35.1 Å². The smallest absolute Gasteiger partial charge is 0.257 e. The zero-order valence-electron chi connectivity index (χ0n) is 15.9. The normalized spacial score (nSPS) is 15.4. The van der Waals surface area contributed by atoms with E-state index in [1.807, 2.05) is 18.2 Å². The molecule has 2 aromatic carbocycles. The number of ether oxygens (including phenoxy) is 1. The van der Waals surface area contributed by atoms with Crippen LogP contribution in [0.15, 0.2) is 52.4 Å². The molecule has 3 N–H and O–H groups in total. The largest absolute Gasteiger partial charge is 0.508 e. The van der Waals surface area contributed by atoms with Crippen LogP contribution in [0.3, 0.4) is 0 Å². The van der Waals surface area contributed by atoms with Crippen LogP contribution in [-0.4, -0.2) is 28.1 Å². The molecule has 1 aliphatic heterocycles. The summed E-state index contributed by atoms with van der Waals surface area (Å²) in [7, 11) is 1.47. The third kappa shape index (κ3) is 4.01. The lowest BCUT2D eigenvalue weighted by Crippen LogP contribution is -2.31. The van der Waals surface area contributed by atoms with E-state index in [-0.39, 0.29) is 29.5 Å². The highest BCUT2D eigenvalue weighted by molar-refractivity contribution is 7.98. The van der Waals surface area contributed by atoms with Gasteiger partial charge in [0.2, 0.25) is 5.91 Å². The summed E-state index contributed by atoms with van der Waals surface area (Å²) in [5, 5.41) is 13.4. The summed E-state index contributed by atoms with van der Waals surface area (Å²) in [6.07, 6.45) is 0.0744. The number of phenols is 1. The Balaban J connectivity index is 1.70. The number of benzene rings is 2. The van der Waals surface area contributed by atoms with E-state index in [1.54, 1.807) is 12.1 Å². The standard InChI is InChI=1S/C21H18ClN3O4S/c1-29-16-8-12(26)6-7-13(16)14-9-17(27)23-19-18(14)20(28)25-21(24-19)30-10-11-4-2-3-5-15(11)22/h2-8,14,26H,9-10H2,1H3,(H2,23,24,25,27,28). The number of carbonyl (C=O) groups excluding carboxylic acids is 1. The fourth-order valence-corrected chi connectivity index (χ4v) is 4.58. The van der Waals surface area contributed by atoms with Crippen molar-refractivity contribution in [2.75, 3.05) is 12.4 Å². The molecule has 9 heteroatoms. The number of phenolic OH excluding ortho intramolecular Hbond substituents is 1. The Bertz CT molecular complexity index is 1180. The van der Waals surface area contributed by atoms with Crippen molar-refractivity contribution in [2.45, 2.75) is 23.2 Å². The van der Waals surface area contributed by atoms with E-state index in [1.165, 1.54) is 31.0 Å². The van der Waals surface area contributed by atoms with Crippen LogP contribution >= 0.6 is 23.4 Å². The first-order valence-electron chi connectivity index (χ1n) is 9.13. The molecule has 2 heterocycles. The highest BCUT2D eigenvalue weighted by Crippen LogP contribution is 2.40. The topological polar surface area (TPSA) is 104 Å². The molecule has 1 aliphatic rings. The highest BCUT2D eigenvalue weighted by atomic mass is 35.5. The maximum Gasteiger partial charge on any atom is 0.257 e. The van der Waals surface area contributed by atoms with E-state index >= 15 is 0 Å². The number of aromatic amines is 1. The van der Waals surface area contributed by atoms with Crippen molar-refractivity contribution in [3.05, 3.63) is 74.5 Å². The maximum atomic E-state index is 12.9. The second-order valence-corrected chi connectivity index (χ2v) is 8.12. The number of hydrogen-bond acceptors (Lipinski definition) is 6. The number of thioether (sulfide) groups is 1. The third-order valence-electron chi connectivity index (χ3n) is 4.84. The Morgan fingerprint density at radius 1 is 1.27 bits per heavy atom. The first kappa shape index (κ1) is 20.3.